The van der Waals surface area contributed by atoms with E-state index in [1.807, 2.05) is 0 Å². The van der Waals surface area contributed by atoms with Crippen LogP contribution in [0.3, 0.4) is 0 Å². The first kappa shape index (κ1) is 15.5. The molecule has 1 fully saturated rings. The predicted molar refractivity (Wildman–Crippen MR) is 87.6 cm³/mol. The van der Waals surface area contributed by atoms with Gasteiger partial charge < -0.3 is 0 Å². The Morgan fingerprint density at radius 3 is 1.06 bits per heavy atom. The van der Waals surface area contributed by atoms with Crippen LogP contribution in [0.15, 0.2) is 0 Å². The molecule has 1 aliphatic rings. The molecule has 1 aliphatic heterocycles. The lowest BCUT2D eigenvalue weighted by atomic mass is 10.3. The SMILES string of the molecule is CC1CSCCSCC(C)CSCCSC1. The third-order valence-corrected chi connectivity index (χ3v) is 8.06. The highest BCUT2D eigenvalue weighted by atomic mass is 32.2. The third-order valence-electron chi connectivity index (χ3n) is 2.35. The minimum atomic E-state index is 0.895. The molecule has 0 spiro atoms. The molecule has 0 bridgehead atoms. The van der Waals surface area contributed by atoms with Gasteiger partial charge in [0, 0.05) is 23.0 Å². The molecule has 0 unspecified atom stereocenters. The van der Waals surface area contributed by atoms with Crippen LogP contribution in [0.1, 0.15) is 13.8 Å². The number of hydrogen-bond donors (Lipinski definition) is 0. The molecular weight excluding hydrogens is 272 g/mol. The highest BCUT2D eigenvalue weighted by Crippen LogP contribution is 2.20. The standard InChI is InChI=1S/C12H24S4/c1-11-7-13-3-5-15-9-12(2)10-16-6-4-14-8-11/h11-12H,3-10H2,1-2H3. The Bertz CT molecular complexity index is 129. The van der Waals surface area contributed by atoms with Crippen LogP contribution >= 0.6 is 47.0 Å². The predicted octanol–water partition coefficient (Wildman–Crippen LogP) is 4.21. The molecule has 0 N–H and O–H groups in total. The van der Waals surface area contributed by atoms with Crippen LogP contribution in [0.2, 0.25) is 0 Å². The van der Waals surface area contributed by atoms with Gasteiger partial charge >= 0.3 is 0 Å². The van der Waals surface area contributed by atoms with Crippen LogP contribution in [0.5, 0.6) is 0 Å². The van der Waals surface area contributed by atoms with E-state index in [4.69, 9.17) is 0 Å². The van der Waals surface area contributed by atoms with E-state index >= 15 is 0 Å². The maximum Gasteiger partial charge on any atom is 0.00236 e. The third kappa shape index (κ3) is 8.48. The molecule has 4 heteroatoms. The zero-order valence-corrected chi connectivity index (χ0v) is 13.7. The Balaban J connectivity index is 2.18. The first-order valence-electron chi connectivity index (χ1n) is 6.10. The van der Waals surface area contributed by atoms with E-state index in [9.17, 15) is 0 Å². The normalized spacial score (nSPS) is 31.9. The zero-order valence-electron chi connectivity index (χ0n) is 10.4. The average molecular weight is 297 g/mol. The van der Waals surface area contributed by atoms with Crippen molar-refractivity contribution < 1.29 is 0 Å². The fraction of sp³-hybridized carbons (Fsp3) is 1.00. The van der Waals surface area contributed by atoms with Gasteiger partial charge in [-0.25, -0.2) is 0 Å². The van der Waals surface area contributed by atoms with Gasteiger partial charge in [0.05, 0.1) is 0 Å². The lowest BCUT2D eigenvalue weighted by Gasteiger charge is -2.14. The van der Waals surface area contributed by atoms with Crippen molar-refractivity contribution in [1.82, 2.24) is 0 Å². The van der Waals surface area contributed by atoms with Crippen molar-refractivity contribution in [3.63, 3.8) is 0 Å². The van der Waals surface area contributed by atoms with Crippen LogP contribution in [-0.4, -0.2) is 46.0 Å². The fourth-order valence-corrected chi connectivity index (χ4v) is 6.40. The van der Waals surface area contributed by atoms with E-state index in [2.05, 4.69) is 60.9 Å². The monoisotopic (exact) mass is 296 g/mol. The zero-order chi connectivity index (χ0) is 11.6. The fourth-order valence-electron chi connectivity index (χ4n) is 1.47. The lowest BCUT2D eigenvalue weighted by molar-refractivity contribution is 0.761. The van der Waals surface area contributed by atoms with Gasteiger partial charge in [-0.2, -0.15) is 47.0 Å². The van der Waals surface area contributed by atoms with Crippen LogP contribution < -0.4 is 0 Å². The van der Waals surface area contributed by atoms with Gasteiger partial charge in [-0.05, 0) is 34.8 Å². The summed E-state index contributed by atoms with van der Waals surface area (Å²) in [7, 11) is 0. The summed E-state index contributed by atoms with van der Waals surface area (Å²) in [5.74, 6) is 12.6. The molecule has 0 aliphatic carbocycles. The highest BCUT2D eigenvalue weighted by Gasteiger charge is 2.06. The molecule has 0 aromatic rings. The van der Waals surface area contributed by atoms with Crippen molar-refractivity contribution in [2.45, 2.75) is 13.8 Å². The van der Waals surface area contributed by atoms with Gasteiger partial charge in [0.2, 0.25) is 0 Å². The van der Waals surface area contributed by atoms with Gasteiger partial charge in [0.25, 0.3) is 0 Å². The minimum Gasteiger partial charge on any atom is -0.161 e. The Hall–Kier alpha value is 1.40. The van der Waals surface area contributed by atoms with Crippen molar-refractivity contribution in [2.24, 2.45) is 11.8 Å². The molecular formula is C12H24S4. The average Bonchev–Trinajstić information content (AvgIpc) is 2.27. The molecule has 0 aromatic carbocycles. The minimum absolute atomic E-state index is 0.895. The number of rotatable bonds is 0. The summed E-state index contributed by atoms with van der Waals surface area (Å²) in [6.45, 7) is 4.79. The molecule has 16 heavy (non-hydrogen) atoms. The van der Waals surface area contributed by atoms with E-state index in [-0.39, 0.29) is 0 Å². The van der Waals surface area contributed by atoms with Crippen LogP contribution in [0.4, 0.5) is 0 Å². The first-order chi connectivity index (χ1) is 7.79. The largest absolute Gasteiger partial charge is 0.161 e. The number of hydrogen-bond acceptors (Lipinski definition) is 4. The second kappa shape index (κ2) is 10.3. The summed E-state index contributed by atoms with van der Waals surface area (Å²) in [5.41, 5.74) is 0. The topological polar surface area (TPSA) is 0 Å². The van der Waals surface area contributed by atoms with Crippen LogP contribution in [0, 0.1) is 11.8 Å². The van der Waals surface area contributed by atoms with Gasteiger partial charge in [-0.15, -0.1) is 0 Å². The Labute approximate surface area is 118 Å². The molecule has 0 saturated carbocycles. The molecule has 0 atom stereocenters. The van der Waals surface area contributed by atoms with Crippen LogP contribution in [0.25, 0.3) is 0 Å². The van der Waals surface area contributed by atoms with Crippen molar-refractivity contribution in [2.75, 3.05) is 46.0 Å². The summed E-state index contributed by atoms with van der Waals surface area (Å²) < 4.78 is 0. The van der Waals surface area contributed by atoms with Gasteiger partial charge in [-0.1, -0.05) is 13.8 Å². The maximum absolute atomic E-state index is 2.40. The van der Waals surface area contributed by atoms with Crippen molar-refractivity contribution in [3.05, 3.63) is 0 Å². The first-order valence-corrected chi connectivity index (χ1v) is 10.7. The smallest absolute Gasteiger partial charge is 0.00236 e. The Morgan fingerprint density at radius 1 is 0.562 bits per heavy atom. The molecule has 96 valence electrons. The molecule has 1 saturated heterocycles. The van der Waals surface area contributed by atoms with Crippen molar-refractivity contribution in [3.8, 4) is 0 Å². The van der Waals surface area contributed by atoms with Gasteiger partial charge in [0.15, 0.2) is 0 Å². The van der Waals surface area contributed by atoms with Crippen LogP contribution in [-0.2, 0) is 0 Å². The molecule has 1 heterocycles. The van der Waals surface area contributed by atoms with Gasteiger partial charge in [-0.3, -0.25) is 0 Å². The molecule has 0 nitrogen and oxygen atoms in total. The van der Waals surface area contributed by atoms with Crippen molar-refractivity contribution in [1.29, 1.82) is 0 Å². The van der Waals surface area contributed by atoms with Crippen molar-refractivity contribution >= 4 is 47.0 Å². The Morgan fingerprint density at radius 2 is 0.812 bits per heavy atom. The quantitative estimate of drug-likeness (QED) is 0.656. The molecule has 1 rings (SSSR count). The summed E-state index contributed by atoms with van der Waals surface area (Å²) in [6, 6.07) is 0. The van der Waals surface area contributed by atoms with E-state index in [0.717, 1.165) is 11.8 Å². The van der Waals surface area contributed by atoms with E-state index < -0.39 is 0 Å². The van der Waals surface area contributed by atoms with E-state index in [1.54, 1.807) is 0 Å². The lowest BCUT2D eigenvalue weighted by Crippen LogP contribution is -2.07. The summed E-state index contributed by atoms with van der Waals surface area (Å²) in [5, 5.41) is 0. The molecule has 0 amide bonds. The maximum atomic E-state index is 2.40. The second-order valence-electron chi connectivity index (χ2n) is 4.51. The summed E-state index contributed by atoms with van der Waals surface area (Å²) >= 11 is 8.60. The summed E-state index contributed by atoms with van der Waals surface area (Å²) in [4.78, 5) is 0. The Kier molecular flexibility index (Phi) is 9.98. The molecule has 0 radical (unpaired) electrons. The van der Waals surface area contributed by atoms with Gasteiger partial charge in [0.1, 0.15) is 0 Å². The number of thioether (sulfide) groups is 4. The van der Waals surface area contributed by atoms with E-state index in [0.29, 0.717) is 0 Å². The second-order valence-corrected chi connectivity index (χ2v) is 9.11. The van der Waals surface area contributed by atoms with E-state index in [1.165, 1.54) is 46.0 Å². The summed E-state index contributed by atoms with van der Waals surface area (Å²) in [6.07, 6.45) is 0. The molecule has 0 aromatic heterocycles. The highest BCUT2D eigenvalue weighted by molar-refractivity contribution is 8.03.